The Hall–Kier alpha value is -0.840. The fraction of sp³-hybridized carbons (Fsp3) is 0.833. The normalized spacial score (nSPS) is 34.5. The minimum absolute atomic E-state index is 0.0714. The lowest BCUT2D eigenvalue weighted by molar-refractivity contribution is -0.122. The van der Waals surface area contributed by atoms with Crippen LogP contribution in [0.4, 0.5) is 0 Å². The largest absolute Gasteiger partial charge is 0.358 e. The summed E-state index contributed by atoms with van der Waals surface area (Å²) in [7, 11) is 0. The van der Waals surface area contributed by atoms with Crippen molar-refractivity contribution in [2.75, 3.05) is 0 Å². The van der Waals surface area contributed by atoms with Crippen LogP contribution in [0.1, 0.15) is 38.5 Å². The van der Waals surface area contributed by atoms with Crippen LogP contribution in [-0.4, -0.2) is 17.1 Å². The zero-order chi connectivity index (χ0) is 11.8. The molecule has 0 spiro atoms. The van der Waals surface area contributed by atoms with E-state index in [2.05, 4.69) is 16.2 Å². The van der Waals surface area contributed by atoms with E-state index in [4.69, 9.17) is 12.2 Å². The molecular weight excluding hydrogens is 234 g/mol. The Kier molecular flexibility index (Phi) is 2.94. The molecule has 1 amide bonds. The summed E-state index contributed by atoms with van der Waals surface area (Å²) in [4.78, 5) is 11.4. The topological polar surface area (TPSA) is 53.2 Å². The number of nitrogens with one attached hydrogen (secondary N) is 3. The number of hydrogen-bond acceptors (Lipinski definition) is 2. The Morgan fingerprint density at radius 1 is 1.06 bits per heavy atom. The van der Waals surface area contributed by atoms with Crippen LogP contribution in [0, 0.1) is 17.8 Å². The van der Waals surface area contributed by atoms with Gasteiger partial charge in [0.2, 0.25) is 5.91 Å². The lowest BCUT2D eigenvalue weighted by Crippen LogP contribution is -2.51. The Morgan fingerprint density at radius 3 is 2.47 bits per heavy atom. The first-order valence-electron chi connectivity index (χ1n) is 6.58. The SMILES string of the molecule is O=C(NNC(=S)N[C@@H]1C[C@H]2CC[C@@H]1C2)C1CC1. The molecule has 0 saturated heterocycles. The Morgan fingerprint density at radius 2 is 1.88 bits per heavy atom. The highest BCUT2D eigenvalue weighted by Gasteiger charge is 2.39. The second-order valence-corrected chi connectivity index (χ2v) is 6.05. The zero-order valence-corrected chi connectivity index (χ0v) is 10.7. The number of amides is 1. The van der Waals surface area contributed by atoms with Gasteiger partial charge in [-0.1, -0.05) is 6.42 Å². The predicted octanol–water partition coefficient (Wildman–Crippen LogP) is 1.08. The average molecular weight is 253 g/mol. The third-order valence-corrected chi connectivity index (χ3v) is 4.52. The summed E-state index contributed by atoms with van der Waals surface area (Å²) in [5.74, 6) is 1.98. The number of rotatable bonds is 2. The van der Waals surface area contributed by atoms with Gasteiger partial charge in [0.15, 0.2) is 5.11 Å². The highest BCUT2D eigenvalue weighted by atomic mass is 32.1. The molecule has 94 valence electrons. The molecule has 3 atom stereocenters. The standard InChI is InChI=1S/C12H19N3OS/c16-11(8-3-4-8)14-15-12(17)13-10-6-7-1-2-9(10)5-7/h7-10H,1-6H2,(H,14,16)(H2,13,15,17)/t7-,9+,10+/m0/s1. The number of carbonyl (C=O) groups excluding carboxylic acids is 1. The van der Waals surface area contributed by atoms with Crippen LogP contribution >= 0.6 is 12.2 Å². The van der Waals surface area contributed by atoms with Crippen molar-refractivity contribution in [3.63, 3.8) is 0 Å². The first kappa shape index (κ1) is 11.3. The quantitative estimate of drug-likeness (QED) is 0.509. The number of thiocarbonyl (C=S) groups is 1. The smallest absolute Gasteiger partial charge is 0.241 e. The fourth-order valence-electron chi connectivity index (χ4n) is 3.19. The van der Waals surface area contributed by atoms with Crippen molar-refractivity contribution < 1.29 is 4.79 Å². The van der Waals surface area contributed by atoms with E-state index in [0.29, 0.717) is 11.2 Å². The minimum atomic E-state index is 0.0714. The number of hydrogen-bond donors (Lipinski definition) is 3. The van der Waals surface area contributed by atoms with Gasteiger partial charge < -0.3 is 5.32 Å². The Bertz CT molecular complexity index is 343. The number of carbonyl (C=O) groups is 1. The summed E-state index contributed by atoms with van der Waals surface area (Å²) in [6, 6.07) is 0.520. The highest BCUT2D eigenvalue weighted by molar-refractivity contribution is 7.80. The molecule has 0 aromatic carbocycles. The highest BCUT2D eigenvalue weighted by Crippen LogP contribution is 2.44. The molecule has 3 saturated carbocycles. The van der Waals surface area contributed by atoms with Crippen molar-refractivity contribution in [1.29, 1.82) is 0 Å². The van der Waals surface area contributed by atoms with Gasteiger partial charge in [-0.15, -0.1) is 0 Å². The van der Waals surface area contributed by atoms with Crippen molar-refractivity contribution in [1.82, 2.24) is 16.2 Å². The molecule has 0 radical (unpaired) electrons. The Balaban J connectivity index is 1.39. The molecule has 0 heterocycles. The van der Waals surface area contributed by atoms with Gasteiger partial charge in [-0.3, -0.25) is 15.6 Å². The van der Waals surface area contributed by atoms with Crippen LogP contribution in [0.2, 0.25) is 0 Å². The van der Waals surface area contributed by atoms with E-state index in [1.165, 1.54) is 25.7 Å². The zero-order valence-electron chi connectivity index (χ0n) is 9.87. The van der Waals surface area contributed by atoms with Gasteiger partial charge in [0, 0.05) is 12.0 Å². The van der Waals surface area contributed by atoms with Gasteiger partial charge in [-0.05, 0) is 56.2 Å². The molecule has 2 bridgehead atoms. The molecule has 0 unspecified atom stereocenters. The lowest BCUT2D eigenvalue weighted by atomic mass is 9.96. The molecule has 0 aliphatic heterocycles. The molecule has 3 rings (SSSR count). The molecule has 3 aliphatic rings. The van der Waals surface area contributed by atoms with Gasteiger partial charge in [0.05, 0.1) is 0 Å². The molecule has 4 nitrogen and oxygen atoms in total. The minimum Gasteiger partial charge on any atom is -0.358 e. The maximum atomic E-state index is 11.4. The first-order valence-corrected chi connectivity index (χ1v) is 6.99. The molecule has 17 heavy (non-hydrogen) atoms. The van der Waals surface area contributed by atoms with Gasteiger partial charge in [-0.2, -0.15) is 0 Å². The number of hydrazine groups is 1. The second kappa shape index (κ2) is 4.44. The van der Waals surface area contributed by atoms with E-state index in [0.717, 1.165) is 24.7 Å². The van der Waals surface area contributed by atoms with Crippen molar-refractivity contribution in [2.24, 2.45) is 17.8 Å². The van der Waals surface area contributed by atoms with Crippen molar-refractivity contribution in [3.05, 3.63) is 0 Å². The maximum absolute atomic E-state index is 11.4. The lowest BCUT2D eigenvalue weighted by Gasteiger charge is -2.24. The van der Waals surface area contributed by atoms with Crippen LogP contribution in [0.25, 0.3) is 0 Å². The predicted molar refractivity (Wildman–Crippen MR) is 69.0 cm³/mol. The summed E-state index contributed by atoms with van der Waals surface area (Å²) in [5.41, 5.74) is 5.48. The van der Waals surface area contributed by atoms with E-state index in [-0.39, 0.29) is 11.8 Å². The first-order chi connectivity index (χ1) is 8.22. The summed E-state index contributed by atoms with van der Waals surface area (Å²) < 4.78 is 0. The second-order valence-electron chi connectivity index (χ2n) is 5.64. The van der Waals surface area contributed by atoms with Crippen molar-refractivity contribution in [2.45, 2.75) is 44.6 Å². The molecule has 0 aromatic rings. The molecule has 3 N–H and O–H groups in total. The van der Waals surface area contributed by atoms with E-state index in [1.807, 2.05) is 0 Å². The van der Waals surface area contributed by atoms with E-state index in [9.17, 15) is 4.79 Å². The summed E-state index contributed by atoms with van der Waals surface area (Å²) in [6.45, 7) is 0. The molecule has 5 heteroatoms. The average Bonchev–Trinajstić information content (AvgIpc) is 2.97. The molecule has 3 aliphatic carbocycles. The van der Waals surface area contributed by atoms with Crippen LogP contribution in [0.5, 0.6) is 0 Å². The van der Waals surface area contributed by atoms with Crippen molar-refractivity contribution in [3.8, 4) is 0 Å². The third-order valence-electron chi connectivity index (χ3n) is 4.30. The van der Waals surface area contributed by atoms with Crippen LogP contribution < -0.4 is 16.2 Å². The number of fused-ring (bicyclic) bond motifs is 2. The summed E-state index contributed by atoms with van der Waals surface area (Å²) >= 11 is 5.19. The Labute approximate surface area is 107 Å². The maximum Gasteiger partial charge on any atom is 0.241 e. The summed E-state index contributed by atoms with van der Waals surface area (Å²) in [5, 5.41) is 3.90. The van der Waals surface area contributed by atoms with Crippen LogP contribution in [0.3, 0.4) is 0 Å². The monoisotopic (exact) mass is 253 g/mol. The molecular formula is C12H19N3OS. The summed E-state index contributed by atoms with van der Waals surface area (Å²) in [6.07, 6.45) is 7.35. The van der Waals surface area contributed by atoms with Crippen LogP contribution in [0.15, 0.2) is 0 Å². The van der Waals surface area contributed by atoms with Gasteiger partial charge in [-0.25, -0.2) is 0 Å². The molecule has 3 fully saturated rings. The van der Waals surface area contributed by atoms with E-state index in [1.54, 1.807) is 0 Å². The fourth-order valence-corrected chi connectivity index (χ4v) is 3.39. The van der Waals surface area contributed by atoms with E-state index < -0.39 is 0 Å². The van der Waals surface area contributed by atoms with Gasteiger partial charge in [0.25, 0.3) is 0 Å². The van der Waals surface area contributed by atoms with Gasteiger partial charge >= 0.3 is 0 Å². The third kappa shape index (κ3) is 2.54. The van der Waals surface area contributed by atoms with E-state index >= 15 is 0 Å². The van der Waals surface area contributed by atoms with Gasteiger partial charge in [0.1, 0.15) is 0 Å². The van der Waals surface area contributed by atoms with Crippen LogP contribution in [-0.2, 0) is 4.79 Å². The molecule has 0 aromatic heterocycles. The van der Waals surface area contributed by atoms with Crippen molar-refractivity contribution >= 4 is 23.2 Å².